The Bertz CT molecular complexity index is 571. The van der Waals surface area contributed by atoms with E-state index in [1.165, 1.54) is 43.5 Å². The van der Waals surface area contributed by atoms with Gasteiger partial charge in [-0.2, -0.15) is 0 Å². The van der Waals surface area contributed by atoms with Crippen molar-refractivity contribution in [1.29, 1.82) is 0 Å². The Morgan fingerprint density at radius 1 is 0.909 bits per heavy atom. The van der Waals surface area contributed by atoms with Gasteiger partial charge < -0.3 is 10.6 Å². The fourth-order valence-electron chi connectivity index (χ4n) is 3.40. The zero-order valence-corrected chi connectivity index (χ0v) is 13.2. The van der Waals surface area contributed by atoms with Crippen LogP contribution in [0.15, 0.2) is 54.6 Å². The van der Waals surface area contributed by atoms with Gasteiger partial charge in [0, 0.05) is 12.2 Å². The maximum absolute atomic E-state index is 6.03. The highest BCUT2D eigenvalue weighted by atomic mass is 15.1. The molecule has 2 heteroatoms. The summed E-state index contributed by atoms with van der Waals surface area (Å²) in [5, 5.41) is 0. The molecular formula is C20H26N2. The minimum Gasteiger partial charge on any atom is -0.399 e. The summed E-state index contributed by atoms with van der Waals surface area (Å²) in [6.45, 7) is 3.58. The van der Waals surface area contributed by atoms with Crippen LogP contribution < -0.4 is 5.73 Å². The molecule has 2 N–H and O–H groups in total. The molecular weight excluding hydrogens is 268 g/mol. The third-order valence-electron chi connectivity index (χ3n) is 4.83. The normalized spacial score (nSPS) is 16.7. The maximum Gasteiger partial charge on any atom is 0.0347 e. The van der Waals surface area contributed by atoms with E-state index >= 15 is 0 Å². The molecule has 116 valence electrons. The van der Waals surface area contributed by atoms with E-state index in [-0.39, 0.29) is 0 Å². The molecule has 0 spiro atoms. The summed E-state index contributed by atoms with van der Waals surface area (Å²) in [4.78, 5) is 2.59. The van der Waals surface area contributed by atoms with Gasteiger partial charge in [0.25, 0.3) is 0 Å². The number of likely N-dealkylation sites (tertiary alicyclic amines) is 1. The Morgan fingerprint density at radius 3 is 2.32 bits per heavy atom. The summed E-state index contributed by atoms with van der Waals surface area (Å²) >= 11 is 0. The van der Waals surface area contributed by atoms with E-state index in [4.69, 9.17) is 5.73 Å². The van der Waals surface area contributed by atoms with E-state index in [2.05, 4.69) is 47.4 Å². The lowest BCUT2D eigenvalue weighted by Crippen LogP contribution is -2.35. The number of nitrogen functional groups attached to an aromatic ring is 1. The molecule has 1 aliphatic heterocycles. The predicted molar refractivity (Wildman–Crippen MR) is 93.9 cm³/mol. The van der Waals surface area contributed by atoms with Crippen LogP contribution in [0.4, 0.5) is 5.69 Å². The highest BCUT2D eigenvalue weighted by molar-refractivity contribution is 5.46. The Balaban J connectivity index is 1.43. The van der Waals surface area contributed by atoms with Gasteiger partial charge in [-0.1, -0.05) is 48.5 Å². The van der Waals surface area contributed by atoms with E-state index < -0.39 is 0 Å². The number of hydrogen-bond acceptors (Lipinski definition) is 2. The molecule has 22 heavy (non-hydrogen) atoms. The van der Waals surface area contributed by atoms with Crippen LogP contribution >= 0.6 is 0 Å². The Hall–Kier alpha value is -1.80. The Kier molecular flexibility index (Phi) is 5.12. The summed E-state index contributed by atoms with van der Waals surface area (Å²) in [7, 11) is 0. The molecule has 0 aromatic heterocycles. The van der Waals surface area contributed by atoms with Gasteiger partial charge in [0.05, 0.1) is 0 Å². The number of benzene rings is 2. The lowest BCUT2D eigenvalue weighted by molar-refractivity contribution is 0.186. The smallest absolute Gasteiger partial charge is 0.0347 e. The molecule has 0 amide bonds. The summed E-state index contributed by atoms with van der Waals surface area (Å²) in [5.41, 5.74) is 9.73. The second kappa shape index (κ2) is 7.46. The predicted octanol–water partition coefficient (Wildman–Crippen LogP) is 3.77. The molecule has 2 aromatic rings. The van der Waals surface area contributed by atoms with Crippen molar-refractivity contribution in [2.75, 3.05) is 25.4 Å². The fraction of sp³-hybridized carbons (Fsp3) is 0.400. The quantitative estimate of drug-likeness (QED) is 0.851. The molecule has 0 aliphatic carbocycles. The molecule has 1 heterocycles. The van der Waals surface area contributed by atoms with E-state index in [0.29, 0.717) is 0 Å². The van der Waals surface area contributed by atoms with Crippen molar-refractivity contribution >= 4 is 5.69 Å². The molecule has 0 unspecified atom stereocenters. The van der Waals surface area contributed by atoms with Gasteiger partial charge in [-0.25, -0.2) is 0 Å². The van der Waals surface area contributed by atoms with Crippen molar-refractivity contribution < 1.29 is 0 Å². The van der Waals surface area contributed by atoms with Crippen molar-refractivity contribution in [3.8, 4) is 0 Å². The van der Waals surface area contributed by atoms with Gasteiger partial charge in [0.15, 0.2) is 0 Å². The third-order valence-corrected chi connectivity index (χ3v) is 4.83. The third kappa shape index (κ3) is 4.11. The zero-order chi connectivity index (χ0) is 15.2. The van der Waals surface area contributed by atoms with Crippen molar-refractivity contribution in [2.45, 2.75) is 25.7 Å². The molecule has 1 fully saturated rings. The number of rotatable bonds is 5. The van der Waals surface area contributed by atoms with Crippen LogP contribution in [0.5, 0.6) is 0 Å². The Morgan fingerprint density at radius 2 is 1.59 bits per heavy atom. The number of nitrogens with two attached hydrogens (primary N) is 1. The SMILES string of the molecule is Nc1ccccc1CCN1CCC(Cc2ccccc2)CC1. The maximum atomic E-state index is 6.03. The molecule has 0 atom stereocenters. The van der Waals surface area contributed by atoms with Crippen LogP contribution in [0.2, 0.25) is 0 Å². The minimum absolute atomic E-state index is 0.848. The van der Waals surface area contributed by atoms with Gasteiger partial charge in [-0.15, -0.1) is 0 Å². The number of anilines is 1. The zero-order valence-electron chi connectivity index (χ0n) is 13.2. The molecule has 3 rings (SSSR count). The highest BCUT2D eigenvalue weighted by Crippen LogP contribution is 2.22. The van der Waals surface area contributed by atoms with E-state index in [1.807, 2.05) is 12.1 Å². The first-order valence-corrected chi connectivity index (χ1v) is 8.41. The second-order valence-corrected chi connectivity index (χ2v) is 6.42. The van der Waals surface area contributed by atoms with Crippen LogP contribution in [-0.4, -0.2) is 24.5 Å². The molecule has 1 saturated heterocycles. The van der Waals surface area contributed by atoms with E-state index in [0.717, 1.165) is 24.6 Å². The van der Waals surface area contributed by atoms with Crippen molar-refractivity contribution in [3.05, 3.63) is 65.7 Å². The molecule has 0 radical (unpaired) electrons. The largest absolute Gasteiger partial charge is 0.399 e. The first-order chi connectivity index (χ1) is 10.8. The summed E-state index contributed by atoms with van der Waals surface area (Å²) in [6, 6.07) is 19.1. The summed E-state index contributed by atoms with van der Waals surface area (Å²) in [6.07, 6.45) is 4.94. The first-order valence-electron chi connectivity index (χ1n) is 8.41. The van der Waals surface area contributed by atoms with Crippen LogP contribution in [0.1, 0.15) is 24.0 Å². The molecule has 0 bridgehead atoms. The van der Waals surface area contributed by atoms with Gasteiger partial charge in [-0.3, -0.25) is 0 Å². The van der Waals surface area contributed by atoms with Gasteiger partial charge >= 0.3 is 0 Å². The summed E-state index contributed by atoms with van der Waals surface area (Å²) in [5.74, 6) is 0.848. The Labute approximate surface area is 134 Å². The molecule has 2 nitrogen and oxygen atoms in total. The topological polar surface area (TPSA) is 29.3 Å². The van der Waals surface area contributed by atoms with Crippen molar-refractivity contribution in [1.82, 2.24) is 4.90 Å². The minimum atomic E-state index is 0.848. The highest BCUT2D eigenvalue weighted by Gasteiger charge is 2.19. The van der Waals surface area contributed by atoms with Gasteiger partial charge in [-0.05, 0) is 61.9 Å². The van der Waals surface area contributed by atoms with Crippen LogP contribution in [0, 0.1) is 5.92 Å². The van der Waals surface area contributed by atoms with Gasteiger partial charge in [0.1, 0.15) is 0 Å². The standard InChI is InChI=1S/C20H26N2/c21-20-9-5-4-8-19(20)12-15-22-13-10-18(11-14-22)16-17-6-2-1-3-7-17/h1-9,18H,10-16,21H2. The van der Waals surface area contributed by atoms with Crippen molar-refractivity contribution in [2.24, 2.45) is 5.92 Å². The average molecular weight is 294 g/mol. The van der Waals surface area contributed by atoms with Crippen LogP contribution in [0.25, 0.3) is 0 Å². The van der Waals surface area contributed by atoms with E-state index in [9.17, 15) is 0 Å². The number of piperidine rings is 1. The number of nitrogens with zero attached hydrogens (tertiary/aromatic N) is 1. The van der Waals surface area contributed by atoms with E-state index in [1.54, 1.807) is 0 Å². The molecule has 2 aromatic carbocycles. The van der Waals surface area contributed by atoms with Crippen LogP contribution in [0.3, 0.4) is 0 Å². The van der Waals surface area contributed by atoms with Crippen molar-refractivity contribution in [3.63, 3.8) is 0 Å². The molecule has 0 saturated carbocycles. The second-order valence-electron chi connectivity index (χ2n) is 6.42. The molecule has 1 aliphatic rings. The number of para-hydroxylation sites is 1. The van der Waals surface area contributed by atoms with Crippen LogP contribution in [-0.2, 0) is 12.8 Å². The number of hydrogen-bond donors (Lipinski definition) is 1. The van der Waals surface area contributed by atoms with Gasteiger partial charge in [0.2, 0.25) is 0 Å². The first kappa shape index (κ1) is 15.1. The monoisotopic (exact) mass is 294 g/mol. The fourth-order valence-corrected chi connectivity index (χ4v) is 3.40. The lowest BCUT2D eigenvalue weighted by atomic mass is 9.90. The summed E-state index contributed by atoms with van der Waals surface area (Å²) < 4.78 is 0. The lowest BCUT2D eigenvalue weighted by Gasteiger charge is -2.32. The average Bonchev–Trinajstić information content (AvgIpc) is 2.56.